The normalized spacial score (nSPS) is 29.3. The van der Waals surface area contributed by atoms with Crippen LogP contribution < -0.4 is 11.3 Å². The summed E-state index contributed by atoms with van der Waals surface area (Å²) >= 11 is 0. The summed E-state index contributed by atoms with van der Waals surface area (Å²) in [7, 11) is 0. The van der Waals surface area contributed by atoms with Gasteiger partial charge in [-0.3, -0.25) is 11.3 Å². The fraction of sp³-hybridized carbons (Fsp3) is 0.889. The Hall–Kier alpha value is -0.930. The van der Waals surface area contributed by atoms with Crippen LogP contribution in [0.5, 0.6) is 0 Å². The van der Waals surface area contributed by atoms with Crippen LogP contribution in [0.1, 0.15) is 39.0 Å². The first-order valence-electron chi connectivity index (χ1n) is 4.94. The quantitative estimate of drug-likeness (QED) is 0.213. The molecule has 4 nitrogen and oxygen atoms in total. The zero-order valence-corrected chi connectivity index (χ0v) is 8.24. The summed E-state index contributed by atoms with van der Waals surface area (Å²) in [5.74, 6) is 7.06. The maximum Gasteiger partial charge on any atom is 0.319 e. The van der Waals surface area contributed by atoms with Gasteiger partial charge in [0.15, 0.2) is 0 Å². The zero-order valence-electron chi connectivity index (χ0n) is 8.24. The lowest BCUT2D eigenvalue weighted by molar-refractivity contribution is -0.119. The summed E-state index contributed by atoms with van der Waals surface area (Å²) in [6.45, 7) is 2.31. The van der Waals surface area contributed by atoms with E-state index in [0.717, 1.165) is 12.3 Å². The second-order valence-corrected chi connectivity index (χ2v) is 4.04. The monoisotopic (exact) mass is 183 g/mol. The van der Waals surface area contributed by atoms with Crippen molar-refractivity contribution < 1.29 is 5.41 Å². The van der Waals surface area contributed by atoms with Crippen molar-refractivity contribution in [3.05, 3.63) is 0 Å². The van der Waals surface area contributed by atoms with E-state index in [4.69, 9.17) is 11.3 Å². The van der Waals surface area contributed by atoms with E-state index in [1.807, 2.05) is 0 Å². The van der Waals surface area contributed by atoms with Gasteiger partial charge in [-0.05, 0) is 24.7 Å². The highest BCUT2D eigenvalue weighted by atomic mass is 15.3. The van der Waals surface area contributed by atoms with Gasteiger partial charge < -0.3 is 0 Å². The van der Waals surface area contributed by atoms with Crippen LogP contribution >= 0.6 is 0 Å². The lowest BCUT2D eigenvalue weighted by atomic mass is 9.81. The predicted molar refractivity (Wildman–Crippen MR) is 51.7 cm³/mol. The summed E-state index contributed by atoms with van der Waals surface area (Å²) in [6, 6.07) is 0. The van der Waals surface area contributed by atoms with E-state index in [-0.39, 0.29) is 0 Å². The highest BCUT2D eigenvalue weighted by Gasteiger charge is 2.21. The Balaban J connectivity index is 2.26. The number of rotatable bonds is 2. The summed E-state index contributed by atoms with van der Waals surface area (Å²) in [6.07, 6.45) is 6.02. The van der Waals surface area contributed by atoms with Crippen LogP contribution in [-0.2, 0) is 0 Å². The third-order valence-electron chi connectivity index (χ3n) is 2.82. The molecule has 0 aromatic heterocycles. The highest BCUT2D eigenvalue weighted by molar-refractivity contribution is 5.76. The Kier molecular flexibility index (Phi) is 3.86. The van der Waals surface area contributed by atoms with Gasteiger partial charge in [-0.2, -0.15) is 0 Å². The standard InChI is InChI=1S/C9H18N4/c1-7-2-4-8(5-3-7)6-9(10)12-13-11/h7-8H,2-6H2,1H3,(H3,10,11,12)/p+1. The van der Waals surface area contributed by atoms with Crippen LogP contribution in [0.4, 0.5) is 0 Å². The molecule has 13 heavy (non-hydrogen) atoms. The molecule has 0 aromatic carbocycles. The molecule has 0 saturated heterocycles. The molecule has 1 fully saturated rings. The minimum Gasteiger partial charge on any atom is -0.286 e. The largest absolute Gasteiger partial charge is 0.319 e. The molecule has 74 valence electrons. The first kappa shape index (κ1) is 10.2. The number of hydrogen-bond acceptors (Lipinski definition) is 1. The average molecular weight is 183 g/mol. The Morgan fingerprint density at radius 1 is 1.38 bits per heavy atom. The van der Waals surface area contributed by atoms with Gasteiger partial charge >= 0.3 is 5.84 Å². The molecule has 1 aliphatic carbocycles. The number of nitrogens with two attached hydrogens (primary N) is 2. The van der Waals surface area contributed by atoms with Crippen molar-refractivity contribution in [3.8, 4) is 0 Å². The van der Waals surface area contributed by atoms with Crippen molar-refractivity contribution in [2.24, 2.45) is 28.0 Å². The van der Waals surface area contributed by atoms with Gasteiger partial charge in [0, 0.05) is 5.22 Å². The molecular weight excluding hydrogens is 164 g/mol. The molecule has 4 N–H and O–H groups in total. The lowest BCUT2D eigenvalue weighted by Crippen LogP contribution is -2.39. The predicted octanol–water partition coefficient (Wildman–Crippen LogP) is 0.686. The summed E-state index contributed by atoms with van der Waals surface area (Å²) in [5.41, 5.74) is 0. The minimum atomic E-state index is 0.571. The van der Waals surface area contributed by atoms with Gasteiger partial charge in [-0.1, -0.05) is 19.8 Å². The maximum absolute atomic E-state index is 5.63. The maximum atomic E-state index is 5.63. The number of amidine groups is 1. The van der Waals surface area contributed by atoms with Crippen molar-refractivity contribution in [2.75, 3.05) is 0 Å². The Bertz CT molecular complexity index is 192. The van der Waals surface area contributed by atoms with Gasteiger partial charge in [0.05, 0.1) is 11.5 Å². The first-order chi connectivity index (χ1) is 6.22. The highest BCUT2D eigenvalue weighted by Crippen LogP contribution is 2.30. The molecule has 0 unspecified atom stereocenters. The van der Waals surface area contributed by atoms with Crippen molar-refractivity contribution in [3.63, 3.8) is 0 Å². The van der Waals surface area contributed by atoms with Gasteiger partial charge in [0.1, 0.15) is 0 Å². The van der Waals surface area contributed by atoms with Gasteiger partial charge in [-0.15, -0.1) is 0 Å². The van der Waals surface area contributed by atoms with Crippen molar-refractivity contribution in [2.45, 2.75) is 39.0 Å². The second kappa shape index (κ2) is 4.94. The molecule has 0 aromatic rings. The van der Waals surface area contributed by atoms with Gasteiger partial charge in [-0.25, -0.2) is 0 Å². The Labute approximate surface area is 79.1 Å². The lowest BCUT2D eigenvalue weighted by Gasteiger charge is -2.24. The van der Waals surface area contributed by atoms with Crippen LogP contribution in [0.3, 0.4) is 0 Å². The van der Waals surface area contributed by atoms with Crippen LogP contribution in [0.25, 0.3) is 0 Å². The second-order valence-electron chi connectivity index (χ2n) is 4.04. The van der Waals surface area contributed by atoms with E-state index in [1.165, 1.54) is 25.7 Å². The molecule has 1 rings (SSSR count). The van der Waals surface area contributed by atoms with Gasteiger partial charge in [0.2, 0.25) is 0 Å². The molecule has 0 spiro atoms. The van der Waals surface area contributed by atoms with Crippen LogP contribution in [0, 0.1) is 11.8 Å². The van der Waals surface area contributed by atoms with Crippen LogP contribution in [0.15, 0.2) is 10.3 Å². The molecular formula is C9H19N4+. The van der Waals surface area contributed by atoms with Crippen molar-refractivity contribution >= 4 is 5.84 Å². The Morgan fingerprint density at radius 3 is 2.54 bits per heavy atom. The molecule has 0 radical (unpaired) electrons. The molecule has 0 bridgehead atoms. The SMILES string of the molecule is CC1CCC(CC(=[NH2+])N=NN)CC1. The number of hydrogen-bond donors (Lipinski definition) is 2. The van der Waals surface area contributed by atoms with E-state index in [9.17, 15) is 0 Å². The van der Waals surface area contributed by atoms with E-state index in [1.54, 1.807) is 0 Å². The molecule has 0 aliphatic heterocycles. The third-order valence-corrected chi connectivity index (χ3v) is 2.82. The number of nitrogens with zero attached hydrogens (tertiary/aromatic N) is 2. The van der Waals surface area contributed by atoms with Crippen molar-refractivity contribution in [1.29, 1.82) is 0 Å². The van der Waals surface area contributed by atoms with Crippen LogP contribution in [-0.4, -0.2) is 5.84 Å². The molecule has 0 amide bonds. The fourth-order valence-electron chi connectivity index (χ4n) is 1.94. The van der Waals surface area contributed by atoms with E-state index < -0.39 is 0 Å². The first-order valence-corrected chi connectivity index (χ1v) is 4.94. The molecule has 1 saturated carbocycles. The Morgan fingerprint density at radius 2 is 2.00 bits per heavy atom. The van der Waals surface area contributed by atoms with E-state index in [2.05, 4.69) is 17.3 Å². The topological polar surface area (TPSA) is 76.3 Å². The average Bonchev–Trinajstić information content (AvgIpc) is 2.09. The fourth-order valence-corrected chi connectivity index (χ4v) is 1.94. The van der Waals surface area contributed by atoms with E-state index in [0.29, 0.717) is 11.8 Å². The van der Waals surface area contributed by atoms with Gasteiger partial charge in [0.25, 0.3) is 0 Å². The molecule has 1 aliphatic rings. The third kappa shape index (κ3) is 3.53. The summed E-state index contributed by atoms with van der Waals surface area (Å²) in [5, 5.41) is 12.4. The summed E-state index contributed by atoms with van der Waals surface area (Å²) in [4.78, 5) is 0. The molecule has 4 heteroatoms. The zero-order chi connectivity index (χ0) is 9.68. The minimum absolute atomic E-state index is 0.571. The van der Waals surface area contributed by atoms with E-state index >= 15 is 0 Å². The van der Waals surface area contributed by atoms with Crippen molar-refractivity contribution in [1.82, 2.24) is 0 Å². The molecule has 0 atom stereocenters. The smallest absolute Gasteiger partial charge is 0.286 e. The molecule has 0 heterocycles. The van der Waals surface area contributed by atoms with Crippen LogP contribution in [0.2, 0.25) is 0 Å². The summed E-state index contributed by atoms with van der Waals surface area (Å²) < 4.78 is 0.